The minimum Gasteiger partial charge on any atom is -0.480 e. The van der Waals surface area contributed by atoms with Crippen molar-refractivity contribution in [3.8, 4) is 0 Å². The van der Waals surface area contributed by atoms with E-state index < -0.39 is 24.1 Å². The van der Waals surface area contributed by atoms with Gasteiger partial charge in [0.15, 0.2) is 6.04 Å². The fourth-order valence-electron chi connectivity index (χ4n) is 2.40. The summed E-state index contributed by atoms with van der Waals surface area (Å²) in [5, 5.41) is 23.2. The molecule has 1 aliphatic carbocycles. The summed E-state index contributed by atoms with van der Waals surface area (Å²) in [5.74, 6) is -0.744. The van der Waals surface area contributed by atoms with Crippen molar-refractivity contribution in [2.24, 2.45) is 5.92 Å². The third-order valence-corrected chi connectivity index (χ3v) is 3.57. The van der Waals surface area contributed by atoms with Crippen molar-refractivity contribution in [3.63, 3.8) is 0 Å². The fourth-order valence-corrected chi connectivity index (χ4v) is 2.40. The number of aliphatic hydroxyl groups excluding tert-OH is 1. The number of aliphatic carboxylic acids is 1. The van der Waals surface area contributed by atoms with Crippen LogP contribution in [0.1, 0.15) is 26.2 Å². The van der Waals surface area contributed by atoms with Gasteiger partial charge in [0.1, 0.15) is 0 Å². The number of carbonyl (C=O) groups is 2. The van der Waals surface area contributed by atoms with Gasteiger partial charge in [0.05, 0.1) is 18.2 Å². The van der Waals surface area contributed by atoms with Gasteiger partial charge in [0.25, 0.3) is 0 Å². The quantitative estimate of drug-likeness (QED) is 0.549. The number of hydrogen-bond acceptors (Lipinski definition) is 4. The largest absolute Gasteiger partial charge is 0.480 e. The molecule has 4 unspecified atom stereocenters. The number of aliphatic hydroxyl groups is 1. The van der Waals surface area contributed by atoms with E-state index in [1.165, 1.54) is 6.92 Å². The summed E-state index contributed by atoms with van der Waals surface area (Å²) in [5.41, 5.74) is 0. The lowest BCUT2D eigenvalue weighted by Gasteiger charge is -2.22. The standard InChI is InChI=1S/C12H20N2O5/c1-6(15)9(11(16)17)14-12(18)13-8-4-5-19-10(8)7-2-3-7/h6-10,15H,2-5H2,1H3,(H,16,17)(H2,13,14,18). The highest BCUT2D eigenvalue weighted by molar-refractivity contribution is 5.83. The van der Waals surface area contributed by atoms with Crippen LogP contribution in [-0.4, -0.2) is 53.1 Å². The molecule has 108 valence electrons. The molecule has 0 radical (unpaired) electrons. The Morgan fingerprint density at radius 1 is 1.32 bits per heavy atom. The third kappa shape index (κ3) is 3.57. The smallest absolute Gasteiger partial charge is 0.328 e. The van der Waals surface area contributed by atoms with E-state index in [2.05, 4.69) is 10.6 Å². The summed E-state index contributed by atoms with van der Waals surface area (Å²) >= 11 is 0. The number of urea groups is 1. The molecule has 0 spiro atoms. The van der Waals surface area contributed by atoms with Gasteiger partial charge in [-0.25, -0.2) is 9.59 Å². The number of hydrogen-bond donors (Lipinski definition) is 4. The molecular formula is C12H20N2O5. The van der Waals surface area contributed by atoms with Gasteiger partial charge in [0.2, 0.25) is 0 Å². The summed E-state index contributed by atoms with van der Waals surface area (Å²) in [4.78, 5) is 22.6. The van der Waals surface area contributed by atoms with Gasteiger partial charge in [0, 0.05) is 6.61 Å². The monoisotopic (exact) mass is 272 g/mol. The molecule has 2 aliphatic rings. The molecule has 1 saturated heterocycles. The summed E-state index contributed by atoms with van der Waals surface area (Å²) in [6.07, 6.45) is 1.87. The van der Waals surface area contributed by atoms with Crippen molar-refractivity contribution in [1.29, 1.82) is 0 Å². The Kier molecular flexibility index (Phi) is 4.26. The maximum Gasteiger partial charge on any atom is 0.328 e. The topological polar surface area (TPSA) is 108 Å². The molecule has 0 bridgehead atoms. The van der Waals surface area contributed by atoms with E-state index in [1.807, 2.05) is 0 Å². The number of amides is 2. The van der Waals surface area contributed by atoms with Crippen molar-refractivity contribution < 1.29 is 24.5 Å². The van der Waals surface area contributed by atoms with Gasteiger partial charge in [-0.3, -0.25) is 0 Å². The Balaban J connectivity index is 1.84. The van der Waals surface area contributed by atoms with E-state index >= 15 is 0 Å². The van der Waals surface area contributed by atoms with E-state index in [1.54, 1.807) is 0 Å². The first-order chi connectivity index (χ1) is 8.99. The molecular weight excluding hydrogens is 252 g/mol. The summed E-state index contributed by atoms with van der Waals surface area (Å²) < 4.78 is 5.58. The molecule has 2 fully saturated rings. The molecule has 7 heteroatoms. The minimum atomic E-state index is -1.30. The summed E-state index contributed by atoms with van der Waals surface area (Å²) in [7, 11) is 0. The van der Waals surface area contributed by atoms with Gasteiger partial charge in [-0.1, -0.05) is 0 Å². The molecule has 1 heterocycles. The van der Waals surface area contributed by atoms with Crippen LogP contribution in [0.25, 0.3) is 0 Å². The average molecular weight is 272 g/mol. The zero-order valence-electron chi connectivity index (χ0n) is 10.8. The molecule has 19 heavy (non-hydrogen) atoms. The number of carboxylic acids is 1. The predicted molar refractivity (Wildman–Crippen MR) is 65.6 cm³/mol. The molecule has 1 saturated carbocycles. The zero-order chi connectivity index (χ0) is 14.0. The minimum absolute atomic E-state index is 0.0422. The van der Waals surface area contributed by atoms with Gasteiger partial charge < -0.3 is 25.6 Å². The Labute approximate surface area is 111 Å². The van der Waals surface area contributed by atoms with Crippen LogP contribution in [0.3, 0.4) is 0 Å². The highest BCUT2D eigenvalue weighted by Gasteiger charge is 2.41. The van der Waals surface area contributed by atoms with Crippen molar-refractivity contribution >= 4 is 12.0 Å². The van der Waals surface area contributed by atoms with E-state index in [4.69, 9.17) is 9.84 Å². The summed E-state index contributed by atoms with van der Waals surface area (Å²) in [6, 6.07) is -1.95. The molecule has 1 aliphatic heterocycles. The first kappa shape index (κ1) is 14.1. The van der Waals surface area contributed by atoms with Crippen LogP contribution in [0.2, 0.25) is 0 Å². The first-order valence-electron chi connectivity index (χ1n) is 6.58. The highest BCUT2D eigenvalue weighted by atomic mass is 16.5. The lowest BCUT2D eigenvalue weighted by molar-refractivity contribution is -0.141. The Hall–Kier alpha value is -1.34. The predicted octanol–water partition coefficient (Wildman–Crippen LogP) is -0.313. The van der Waals surface area contributed by atoms with E-state index in [-0.39, 0.29) is 12.1 Å². The van der Waals surface area contributed by atoms with Crippen LogP contribution in [0.15, 0.2) is 0 Å². The number of carbonyl (C=O) groups excluding carboxylic acids is 1. The van der Waals surface area contributed by atoms with Crippen molar-refractivity contribution in [3.05, 3.63) is 0 Å². The highest BCUT2D eigenvalue weighted by Crippen LogP contribution is 2.38. The Bertz CT molecular complexity index is 356. The van der Waals surface area contributed by atoms with Gasteiger partial charge in [-0.2, -0.15) is 0 Å². The average Bonchev–Trinajstić information content (AvgIpc) is 3.07. The van der Waals surface area contributed by atoms with Gasteiger partial charge >= 0.3 is 12.0 Å². The number of carboxylic acid groups (broad SMARTS) is 1. The second-order valence-electron chi connectivity index (χ2n) is 5.24. The Morgan fingerprint density at radius 2 is 2.00 bits per heavy atom. The van der Waals surface area contributed by atoms with Crippen molar-refractivity contribution in [2.45, 2.75) is 50.5 Å². The lowest BCUT2D eigenvalue weighted by Crippen LogP contribution is -2.54. The molecule has 4 N–H and O–H groups in total. The second-order valence-corrected chi connectivity index (χ2v) is 5.24. The first-order valence-corrected chi connectivity index (χ1v) is 6.58. The molecule has 4 atom stereocenters. The Morgan fingerprint density at radius 3 is 2.53 bits per heavy atom. The van der Waals surface area contributed by atoms with Crippen LogP contribution >= 0.6 is 0 Å². The zero-order valence-corrected chi connectivity index (χ0v) is 10.8. The number of ether oxygens (including phenoxy) is 1. The SMILES string of the molecule is CC(O)C(NC(=O)NC1CCOC1C1CC1)C(=O)O. The van der Waals surface area contributed by atoms with Crippen LogP contribution in [0.4, 0.5) is 4.79 Å². The van der Waals surface area contributed by atoms with Crippen LogP contribution < -0.4 is 10.6 Å². The third-order valence-electron chi connectivity index (χ3n) is 3.57. The maximum atomic E-state index is 11.8. The molecule has 0 aromatic rings. The molecule has 0 aromatic heterocycles. The lowest BCUT2D eigenvalue weighted by atomic mass is 10.1. The van der Waals surface area contributed by atoms with Crippen molar-refractivity contribution in [1.82, 2.24) is 10.6 Å². The van der Waals surface area contributed by atoms with Crippen molar-refractivity contribution in [2.75, 3.05) is 6.61 Å². The van der Waals surface area contributed by atoms with Gasteiger partial charge in [-0.05, 0) is 32.1 Å². The molecule has 7 nitrogen and oxygen atoms in total. The maximum absolute atomic E-state index is 11.8. The van der Waals surface area contributed by atoms with E-state index in [0.717, 1.165) is 19.3 Å². The second kappa shape index (κ2) is 5.75. The molecule has 2 rings (SSSR count). The number of nitrogens with one attached hydrogen (secondary N) is 2. The van der Waals surface area contributed by atoms with Crippen LogP contribution in [0.5, 0.6) is 0 Å². The molecule has 2 amide bonds. The van der Waals surface area contributed by atoms with Gasteiger partial charge in [-0.15, -0.1) is 0 Å². The summed E-state index contributed by atoms with van der Waals surface area (Å²) in [6.45, 7) is 1.94. The molecule has 0 aromatic carbocycles. The van der Waals surface area contributed by atoms with E-state index in [9.17, 15) is 14.7 Å². The van der Waals surface area contributed by atoms with Crippen LogP contribution in [0, 0.1) is 5.92 Å². The normalized spacial score (nSPS) is 29.6. The van der Waals surface area contributed by atoms with Crippen LogP contribution in [-0.2, 0) is 9.53 Å². The number of rotatable bonds is 5. The fraction of sp³-hybridized carbons (Fsp3) is 0.833. The van der Waals surface area contributed by atoms with E-state index in [0.29, 0.717) is 12.5 Å².